The van der Waals surface area contributed by atoms with Gasteiger partial charge < -0.3 is 15.5 Å². The lowest BCUT2D eigenvalue weighted by Gasteiger charge is -2.33. The minimum Gasteiger partial charge on any atom is -0.370 e. The van der Waals surface area contributed by atoms with E-state index in [4.69, 9.17) is 0 Å². The third-order valence-electron chi connectivity index (χ3n) is 4.68. The smallest absolute Gasteiger partial charge is 0.220 e. The van der Waals surface area contributed by atoms with Gasteiger partial charge in [-0.3, -0.25) is 4.79 Å². The predicted octanol–water partition coefficient (Wildman–Crippen LogP) is 3.21. The Bertz CT molecular complexity index is 522. The lowest BCUT2D eigenvalue weighted by molar-refractivity contribution is -0.121. The van der Waals surface area contributed by atoms with Gasteiger partial charge in [0.25, 0.3) is 0 Å². The van der Waals surface area contributed by atoms with Gasteiger partial charge in [0.2, 0.25) is 5.91 Å². The number of nitrogens with one attached hydrogen (secondary N) is 2. The van der Waals surface area contributed by atoms with Crippen LogP contribution in [0.5, 0.6) is 0 Å². The molecule has 1 aromatic heterocycles. The fourth-order valence-corrected chi connectivity index (χ4v) is 3.21. The molecule has 1 saturated heterocycles. The van der Waals surface area contributed by atoms with E-state index in [9.17, 15) is 4.79 Å². The van der Waals surface area contributed by atoms with E-state index < -0.39 is 0 Å². The van der Waals surface area contributed by atoms with Crippen molar-refractivity contribution < 1.29 is 4.79 Å². The second kappa shape index (κ2) is 10.9. The first kappa shape index (κ1) is 19.5. The SMILES string of the molecule is CCCCNC(=O)CC[C@H]1CCCN(c2cc(NCCC)ncn2)C1. The van der Waals surface area contributed by atoms with Crippen LogP contribution in [0.15, 0.2) is 12.4 Å². The van der Waals surface area contributed by atoms with Crippen LogP contribution in [0.3, 0.4) is 0 Å². The zero-order valence-electron chi connectivity index (χ0n) is 15.8. The maximum atomic E-state index is 11.9. The zero-order valence-corrected chi connectivity index (χ0v) is 15.8. The molecule has 1 amide bonds. The summed E-state index contributed by atoms with van der Waals surface area (Å²) >= 11 is 0. The van der Waals surface area contributed by atoms with Crippen LogP contribution in [0.2, 0.25) is 0 Å². The molecule has 6 nitrogen and oxygen atoms in total. The normalized spacial score (nSPS) is 17.4. The number of aromatic nitrogens is 2. The second-order valence-electron chi connectivity index (χ2n) is 6.88. The molecular formula is C19H33N5O. The number of anilines is 2. The standard InChI is InChI=1S/C19H33N5O/c1-3-5-11-21-19(25)9-8-16-7-6-12-24(14-16)18-13-17(20-10-4-2)22-15-23-18/h13,15-16H,3-12,14H2,1-2H3,(H,21,25)(H,20,22,23)/t16-/m1/s1. The molecule has 1 aliphatic rings. The number of carbonyl (C=O) groups excluding carboxylic acids is 1. The van der Waals surface area contributed by atoms with E-state index in [1.54, 1.807) is 6.33 Å². The van der Waals surface area contributed by atoms with Gasteiger partial charge in [0.1, 0.15) is 18.0 Å². The highest BCUT2D eigenvalue weighted by atomic mass is 16.1. The number of piperidine rings is 1. The fourth-order valence-electron chi connectivity index (χ4n) is 3.21. The number of unbranched alkanes of at least 4 members (excludes halogenated alkanes) is 1. The first-order chi connectivity index (χ1) is 12.2. The highest BCUT2D eigenvalue weighted by Crippen LogP contribution is 2.25. The van der Waals surface area contributed by atoms with Gasteiger partial charge in [-0.15, -0.1) is 0 Å². The second-order valence-corrected chi connectivity index (χ2v) is 6.88. The van der Waals surface area contributed by atoms with Crippen molar-refractivity contribution in [3.63, 3.8) is 0 Å². The number of rotatable bonds is 10. The number of nitrogens with zero attached hydrogens (tertiary/aromatic N) is 3. The minimum absolute atomic E-state index is 0.193. The van der Waals surface area contributed by atoms with Crippen molar-refractivity contribution in [1.82, 2.24) is 15.3 Å². The largest absolute Gasteiger partial charge is 0.370 e. The van der Waals surface area contributed by atoms with Crippen molar-refractivity contribution in [3.8, 4) is 0 Å². The van der Waals surface area contributed by atoms with Crippen molar-refractivity contribution in [2.45, 2.75) is 58.8 Å². The lowest BCUT2D eigenvalue weighted by Crippen LogP contribution is -2.36. The summed E-state index contributed by atoms with van der Waals surface area (Å²) < 4.78 is 0. The molecule has 0 aromatic carbocycles. The molecule has 0 radical (unpaired) electrons. The molecular weight excluding hydrogens is 314 g/mol. The summed E-state index contributed by atoms with van der Waals surface area (Å²) in [6.45, 7) is 8.02. The summed E-state index contributed by atoms with van der Waals surface area (Å²) in [6, 6.07) is 2.04. The topological polar surface area (TPSA) is 70.2 Å². The Morgan fingerprint density at radius 3 is 2.96 bits per heavy atom. The maximum Gasteiger partial charge on any atom is 0.220 e. The average molecular weight is 348 g/mol. The fraction of sp³-hybridized carbons (Fsp3) is 0.737. The van der Waals surface area contributed by atoms with Crippen LogP contribution in [0.25, 0.3) is 0 Å². The summed E-state index contributed by atoms with van der Waals surface area (Å²) in [5, 5.41) is 6.33. The Morgan fingerprint density at radius 1 is 1.28 bits per heavy atom. The average Bonchev–Trinajstić information content (AvgIpc) is 2.65. The molecule has 0 unspecified atom stereocenters. The van der Waals surface area contributed by atoms with Gasteiger partial charge in [-0.05, 0) is 38.0 Å². The summed E-state index contributed by atoms with van der Waals surface area (Å²) in [4.78, 5) is 23.0. The highest BCUT2D eigenvalue weighted by molar-refractivity contribution is 5.75. The molecule has 0 spiro atoms. The van der Waals surface area contributed by atoms with Gasteiger partial charge in [0.05, 0.1) is 0 Å². The lowest BCUT2D eigenvalue weighted by atomic mass is 9.93. The van der Waals surface area contributed by atoms with E-state index in [1.165, 1.54) is 6.42 Å². The summed E-state index contributed by atoms with van der Waals surface area (Å²) in [5.41, 5.74) is 0. The molecule has 1 aromatic rings. The quantitative estimate of drug-likeness (QED) is 0.636. The Labute approximate surface area is 151 Å². The van der Waals surface area contributed by atoms with Crippen LogP contribution < -0.4 is 15.5 Å². The van der Waals surface area contributed by atoms with Crippen LogP contribution in [-0.4, -0.2) is 42.1 Å². The van der Waals surface area contributed by atoms with E-state index in [-0.39, 0.29) is 5.91 Å². The van der Waals surface area contributed by atoms with E-state index in [0.29, 0.717) is 12.3 Å². The predicted molar refractivity (Wildman–Crippen MR) is 103 cm³/mol. The van der Waals surface area contributed by atoms with Gasteiger partial charge in [0.15, 0.2) is 0 Å². The first-order valence-corrected chi connectivity index (χ1v) is 9.80. The Kier molecular flexibility index (Phi) is 8.49. The molecule has 0 saturated carbocycles. The van der Waals surface area contributed by atoms with Crippen LogP contribution in [-0.2, 0) is 4.79 Å². The number of hydrogen-bond donors (Lipinski definition) is 2. The minimum atomic E-state index is 0.193. The van der Waals surface area contributed by atoms with E-state index in [2.05, 4.69) is 39.3 Å². The van der Waals surface area contributed by atoms with E-state index in [0.717, 1.165) is 69.9 Å². The van der Waals surface area contributed by atoms with E-state index >= 15 is 0 Å². The summed E-state index contributed by atoms with van der Waals surface area (Å²) in [6.07, 6.45) is 8.84. The highest BCUT2D eigenvalue weighted by Gasteiger charge is 2.21. The van der Waals surface area contributed by atoms with Crippen LogP contribution in [0.4, 0.5) is 11.6 Å². The third-order valence-corrected chi connectivity index (χ3v) is 4.68. The molecule has 1 fully saturated rings. The molecule has 140 valence electrons. The van der Waals surface area contributed by atoms with Gasteiger partial charge in [0, 0.05) is 38.7 Å². The Morgan fingerprint density at radius 2 is 2.16 bits per heavy atom. The van der Waals surface area contributed by atoms with Crippen molar-refractivity contribution in [2.24, 2.45) is 5.92 Å². The van der Waals surface area contributed by atoms with Gasteiger partial charge in [-0.25, -0.2) is 9.97 Å². The van der Waals surface area contributed by atoms with Crippen molar-refractivity contribution in [2.75, 3.05) is 36.4 Å². The molecule has 1 atom stereocenters. The number of carbonyl (C=O) groups is 1. The molecule has 6 heteroatoms. The van der Waals surface area contributed by atoms with Crippen LogP contribution in [0.1, 0.15) is 58.8 Å². The van der Waals surface area contributed by atoms with Crippen LogP contribution in [0, 0.1) is 5.92 Å². The summed E-state index contributed by atoms with van der Waals surface area (Å²) in [7, 11) is 0. The van der Waals surface area contributed by atoms with Crippen LogP contribution >= 0.6 is 0 Å². The number of amides is 1. The zero-order chi connectivity index (χ0) is 17.9. The van der Waals surface area contributed by atoms with Gasteiger partial charge in [-0.1, -0.05) is 20.3 Å². The molecule has 25 heavy (non-hydrogen) atoms. The third kappa shape index (κ3) is 6.88. The Hall–Kier alpha value is -1.85. The molecule has 1 aliphatic heterocycles. The van der Waals surface area contributed by atoms with Gasteiger partial charge >= 0.3 is 0 Å². The Balaban J connectivity index is 1.81. The molecule has 2 heterocycles. The first-order valence-electron chi connectivity index (χ1n) is 9.80. The maximum absolute atomic E-state index is 11.9. The molecule has 2 N–H and O–H groups in total. The molecule has 2 rings (SSSR count). The monoisotopic (exact) mass is 347 g/mol. The number of hydrogen-bond acceptors (Lipinski definition) is 5. The van der Waals surface area contributed by atoms with Gasteiger partial charge in [-0.2, -0.15) is 0 Å². The van der Waals surface area contributed by atoms with Crippen molar-refractivity contribution in [3.05, 3.63) is 12.4 Å². The van der Waals surface area contributed by atoms with Crippen molar-refractivity contribution in [1.29, 1.82) is 0 Å². The molecule has 0 bridgehead atoms. The van der Waals surface area contributed by atoms with E-state index in [1.807, 2.05) is 6.07 Å². The molecule has 0 aliphatic carbocycles. The summed E-state index contributed by atoms with van der Waals surface area (Å²) in [5.74, 6) is 2.64. The van der Waals surface area contributed by atoms with Crippen molar-refractivity contribution >= 4 is 17.5 Å².